The highest BCUT2D eigenvalue weighted by atomic mass is 16.5. The van der Waals surface area contributed by atoms with Crippen LogP contribution in [-0.2, 0) is 9.53 Å². The lowest BCUT2D eigenvalue weighted by Crippen LogP contribution is -2.27. The number of carbonyl (C=O) groups is 1. The van der Waals surface area contributed by atoms with Crippen molar-refractivity contribution < 1.29 is 9.53 Å². The zero-order valence-electron chi connectivity index (χ0n) is 13.6. The molecule has 1 heterocycles. The lowest BCUT2D eigenvalue weighted by molar-refractivity contribution is -0.111. The zero-order valence-corrected chi connectivity index (χ0v) is 13.6. The molecule has 24 heavy (non-hydrogen) atoms. The Morgan fingerprint density at radius 3 is 2.33 bits per heavy atom. The van der Waals surface area contributed by atoms with E-state index in [1.54, 1.807) is 12.2 Å². The third-order valence-corrected chi connectivity index (χ3v) is 3.97. The van der Waals surface area contributed by atoms with E-state index in [1.165, 1.54) is 0 Å². The van der Waals surface area contributed by atoms with Crippen LogP contribution in [0.25, 0.3) is 6.08 Å². The molecule has 0 radical (unpaired) electrons. The Morgan fingerprint density at radius 1 is 0.958 bits per heavy atom. The molecule has 4 heteroatoms. The lowest BCUT2D eigenvalue weighted by atomic mass is 10.1. The van der Waals surface area contributed by atoms with E-state index < -0.39 is 0 Å². The van der Waals surface area contributed by atoms with Gasteiger partial charge in [0.05, 0.1) is 0 Å². The quantitative estimate of drug-likeness (QED) is 0.820. The van der Waals surface area contributed by atoms with E-state index >= 15 is 0 Å². The van der Waals surface area contributed by atoms with Crippen molar-refractivity contribution in [3.05, 3.63) is 66.2 Å². The normalized spacial score (nSPS) is 15.3. The SMILES string of the molecule is O=C(/C=C/c1ccccc1)Nc1ccc(NC2CCOCC2)cc1. The van der Waals surface area contributed by atoms with E-state index in [1.807, 2.05) is 54.6 Å². The van der Waals surface area contributed by atoms with Crippen LogP contribution in [0.4, 0.5) is 11.4 Å². The molecular formula is C20H22N2O2. The summed E-state index contributed by atoms with van der Waals surface area (Å²) < 4.78 is 5.36. The summed E-state index contributed by atoms with van der Waals surface area (Å²) in [5.41, 5.74) is 2.86. The van der Waals surface area contributed by atoms with Crippen LogP contribution in [0.1, 0.15) is 18.4 Å². The van der Waals surface area contributed by atoms with Crippen LogP contribution in [0.2, 0.25) is 0 Å². The maximum Gasteiger partial charge on any atom is 0.248 e. The highest BCUT2D eigenvalue weighted by Crippen LogP contribution is 2.18. The molecule has 3 rings (SSSR count). The molecule has 0 aromatic heterocycles. The number of amides is 1. The summed E-state index contributed by atoms with van der Waals surface area (Å²) in [6.45, 7) is 1.64. The van der Waals surface area contributed by atoms with Crippen molar-refractivity contribution in [1.82, 2.24) is 0 Å². The molecule has 2 N–H and O–H groups in total. The van der Waals surface area contributed by atoms with E-state index in [0.717, 1.165) is 43.0 Å². The number of anilines is 2. The Bertz CT molecular complexity index is 675. The molecule has 4 nitrogen and oxygen atoms in total. The molecular weight excluding hydrogens is 300 g/mol. The van der Waals surface area contributed by atoms with Crippen LogP contribution < -0.4 is 10.6 Å². The Morgan fingerprint density at radius 2 is 1.62 bits per heavy atom. The second-order valence-electron chi connectivity index (χ2n) is 5.84. The third-order valence-electron chi connectivity index (χ3n) is 3.97. The van der Waals surface area contributed by atoms with Gasteiger partial charge in [-0.1, -0.05) is 30.3 Å². The van der Waals surface area contributed by atoms with E-state index in [-0.39, 0.29) is 5.91 Å². The second-order valence-corrected chi connectivity index (χ2v) is 5.84. The van der Waals surface area contributed by atoms with Gasteiger partial charge in [0.25, 0.3) is 0 Å². The topological polar surface area (TPSA) is 50.4 Å². The predicted molar refractivity (Wildman–Crippen MR) is 98.0 cm³/mol. The first-order chi connectivity index (χ1) is 11.8. The van der Waals surface area contributed by atoms with Crippen molar-refractivity contribution in [2.45, 2.75) is 18.9 Å². The average Bonchev–Trinajstić information content (AvgIpc) is 2.63. The molecule has 2 aromatic carbocycles. The number of rotatable bonds is 5. The Labute approximate surface area is 142 Å². The van der Waals surface area contributed by atoms with Gasteiger partial charge in [-0.3, -0.25) is 4.79 Å². The Hall–Kier alpha value is -2.59. The van der Waals surface area contributed by atoms with Crippen LogP contribution in [0.5, 0.6) is 0 Å². The van der Waals surface area contributed by atoms with Gasteiger partial charge in [0.1, 0.15) is 0 Å². The van der Waals surface area contributed by atoms with Gasteiger partial charge in [0.15, 0.2) is 0 Å². The fourth-order valence-electron chi connectivity index (χ4n) is 2.65. The summed E-state index contributed by atoms with van der Waals surface area (Å²) in [5, 5.41) is 6.37. The largest absolute Gasteiger partial charge is 0.382 e. The third kappa shape index (κ3) is 4.96. The lowest BCUT2D eigenvalue weighted by Gasteiger charge is -2.24. The minimum Gasteiger partial charge on any atom is -0.382 e. The Kier molecular flexibility index (Phi) is 5.64. The smallest absolute Gasteiger partial charge is 0.248 e. The molecule has 0 unspecified atom stereocenters. The molecule has 0 spiro atoms. The molecule has 1 aliphatic rings. The Balaban J connectivity index is 1.51. The maximum atomic E-state index is 12.0. The summed E-state index contributed by atoms with van der Waals surface area (Å²) in [6, 6.07) is 18.0. The molecule has 0 aliphatic carbocycles. The van der Waals surface area contributed by atoms with Gasteiger partial charge in [-0.25, -0.2) is 0 Å². The molecule has 1 fully saturated rings. The van der Waals surface area contributed by atoms with Gasteiger partial charge in [0.2, 0.25) is 5.91 Å². The molecule has 1 aliphatic heterocycles. The van der Waals surface area contributed by atoms with E-state index in [2.05, 4.69) is 10.6 Å². The summed E-state index contributed by atoms with van der Waals surface area (Å²) in [7, 11) is 0. The minimum atomic E-state index is -0.135. The van der Waals surface area contributed by atoms with Crippen LogP contribution in [-0.4, -0.2) is 25.2 Å². The fraction of sp³-hybridized carbons (Fsp3) is 0.250. The van der Waals surface area contributed by atoms with Crippen molar-refractivity contribution in [1.29, 1.82) is 0 Å². The van der Waals surface area contributed by atoms with Gasteiger partial charge in [-0.15, -0.1) is 0 Å². The molecule has 0 bridgehead atoms. The highest BCUT2D eigenvalue weighted by molar-refractivity contribution is 6.01. The number of hydrogen-bond acceptors (Lipinski definition) is 3. The first-order valence-electron chi connectivity index (χ1n) is 8.28. The van der Waals surface area contributed by atoms with Crippen LogP contribution in [0.15, 0.2) is 60.7 Å². The molecule has 0 saturated carbocycles. The van der Waals surface area contributed by atoms with Gasteiger partial charge >= 0.3 is 0 Å². The van der Waals surface area contributed by atoms with Crippen molar-refractivity contribution in [3.63, 3.8) is 0 Å². The van der Waals surface area contributed by atoms with Crippen molar-refractivity contribution >= 4 is 23.4 Å². The molecule has 1 amide bonds. The van der Waals surface area contributed by atoms with Gasteiger partial charge < -0.3 is 15.4 Å². The molecule has 0 atom stereocenters. The van der Waals surface area contributed by atoms with Crippen molar-refractivity contribution in [3.8, 4) is 0 Å². The van der Waals surface area contributed by atoms with E-state index in [4.69, 9.17) is 4.74 Å². The second kappa shape index (κ2) is 8.31. The molecule has 1 saturated heterocycles. The van der Waals surface area contributed by atoms with Crippen LogP contribution in [0.3, 0.4) is 0 Å². The van der Waals surface area contributed by atoms with Gasteiger partial charge in [-0.2, -0.15) is 0 Å². The van der Waals surface area contributed by atoms with Crippen LogP contribution >= 0.6 is 0 Å². The first kappa shape index (κ1) is 16.3. The summed E-state index contributed by atoms with van der Waals surface area (Å²) in [6.07, 6.45) is 5.41. The number of nitrogens with one attached hydrogen (secondary N) is 2. The number of ether oxygens (including phenoxy) is 1. The monoisotopic (exact) mass is 322 g/mol. The highest BCUT2D eigenvalue weighted by Gasteiger charge is 2.13. The zero-order chi connectivity index (χ0) is 16.6. The fourth-order valence-corrected chi connectivity index (χ4v) is 2.65. The summed E-state index contributed by atoms with van der Waals surface area (Å²) in [5.74, 6) is -0.135. The van der Waals surface area contributed by atoms with Crippen molar-refractivity contribution in [2.24, 2.45) is 0 Å². The summed E-state index contributed by atoms with van der Waals surface area (Å²) in [4.78, 5) is 12.0. The number of benzene rings is 2. The number of hydrogen-bond donors (Lipinski definition) is 2. The standard InChI is InChI=1S/C20H22N2O2/c23-20(11-6-16-4-2-1-3-5-16)22-18-9-7-17(8-10-18)21-19-12-14-24-15-13-19/h1-11,19,21H,12-15H2,(H,22,23)/b11-6+. The predicted octanol–water partition coefficient (Wildman–Crippen LogP) is 3.93. The average molecular weight is 322 g/mol. The van der Waals surface area contributed by atoms with Gasteiger partial charge in [-0.05, 0) is 48.7 Å². The van der Waals surface area contributed by atoms with Crippen molar-refractivity contribution in [2.75, 3.05) is 23.8 Å². The maximum absolute atomic E-state index is 12.0. The first-order valence-corrected chi connectivity index (χ1v) is 8.28. The molecule has 124 valence electrons. The van der Waals surface area contributed by atoms with E-state index in [9.17, 15) is 4.79 Å². The van der Waals surface area contributed by atoms with Crippen LogP contribution in [0, 0.1) is 0 Å². The minimum absolute atomic E-state index is 0.135. The van der Waals surface area contributed by atoms with E-state index in [0.29, 0.717) is 6.04 Å². The van der Waals surface area contributed by atoms with Gasteiger partial charge in [0, 0.05) is 36.7 Å². The summed E-state index contributed by atoms with van der Waals surface area (Å²) >= 11 is 0. The molecule has 2 aromatic rings. The number of carbonyl (C=O) groups excluding carboxylic acids is 1.